The minimum absolute atomic E-state index is 0. The molecule has 2 rings (SSSR count). The molecule has 1 saturated heterocycles. The van der Waals surface area contributed by atoms with E-state index in [1.165, 1.54) is 0 Å². The first-order valence-corrected chi connectivity index (χ1v) is 8.51. The molecule has 140 valence electrons. The fourth-order valence-corrected chi connectivity index (χ4v) is 3.14. The van der Waals surface area contributed by atoms with Crippen molar-refractivity contribution in [2.24, 2.45) is 0 Å². The summed E-state index contributed by atoms with van der Waals surface area (Å²) in [5.41, 5.74) is 0.735. The number of carbonyl (C=O) groups is 2. The normalized spacial score (nSPS) is 18.3. The minimum atomic E-state index is -0.805. The molecule has 0 radical (unpaired) electrons. The molecule has 0 aliphatic carbocycles. The molecule has 1 aliphatic rings. The van der Waals surface area contributed by atoms with Crippen LogP contribution < -0.4 is 5.32 Å². The zero-order valence-electron chi connectivity index (χ0n) is 14.3. The zero-order chi connectivity index (χ0) is 17.5. The summed E-state index contributed by atoms with van der Waals surface area (Å²) in [7, 11) is 1.85. The molecule has 1 aromatic rings. The van der Waals surface area contributed by atoms with Crippen molar-refractivity contribution < 1.29 is 14.7 Å². The second-order valence-corrected chi connectivity index (χ2v) is 6.66. The Kier molecular flexibility index (Phi) is 9.21. The lowest BCUT2D eigenvalue weighted by Gasteiger charge is -2.25. The molecule has 1 unspecified atom stereocenters. The fraction of sp³-hybridized carbons (Fsp3) is 0.529. The van der Waals surface area contributed by atoms with Crippen molar-refractivity contribution in [3.63, 3.8) is 0 Å². The van der Waals surface area contributed by atoms with Crippen LogP contribution in [-0.2, 0) is 9.59 Å². The van der Waals surface area contributed by atoms with E-state index in [1.54, 1.807) is 24.3 Å². The van der Waals surface area contributed by atoms with Crippen molar-refractivity contribution in [2.45, 2.75) is 25.3 Å². The first kappa shape index (κ1) is 21.7. The molecule has 2 N–H and O–H groups in total. The van der Waals surface area contributed by atoms with E-state index in [-0.39, 0.29) is 30.9 Å². The molecule has 1 aromatic carbocycles. The van der Waals surface area contributed by atoms with Gasteiger partial charge in [-0.2, -0.15) is 0 Å². The largest absolute Gasteiger partial charge is 0.480 e. The van der Waals surface area contributed by atoms with Gasteiger partial charge in [0, 0.05) is 23.3 Å². The van der Waals surface area contributed by atoms with Crippen LogP contribution in [0, 0.1) is 0 Å². The van der Waals surface area contributed by atoms with E-state index in [2.05, 4.69) is 10.2 Å². The zero-order valence-corrected chi connectivity index (χ0v) is 15.9. The predicted molar refractivity (Wildman–Crippen MR) is 102 cm³/mol. The summed E-state index contributed by atoms with van der Waals surface area (Å²) in [6.45, 7) is 2.05. The van der Waals surface area contributed by atoms with Crippen molar-refractivity contribution in [3.05, 3.63) is 29.3 Å². The number of nitrogens with one attached hydrogen (secondary N) is 1. The van der Waals surface area contributed by atoms with E-state index in [4.69, 9.17) is 16.7 Å². The second-order valence-electron chi connectivity index (χ2n) is 6.22. The summed E-state index contributed by atoms with van der Waals surface area (Å²) in [4.78, 5) is 27.0. The molecule has 1 atom stereocenters. The van der Waals surface area contributed by atoms with Gasteiger partial charge in [-0.05, 0) is 57.1 Å². The Bertz CT molecular complexity index is 569. The van der Waals surface area contributed by atoms with E-state index >= 15 is 0 Å². The SMILES string of the molecule is CN(CC(=O)O)C1CCCN(CC(=O)Nc2ccc(Cl)cc2)CC1.Cl. The maximum absolute atomic E-state index is 12.2. The number of likely N-dealkylation sites (N-methyl/N-ethyl adjacent to an activating group) is 1. The van der Waals surface area contributed by atoms with Crippen molar-refractivity contribution in [1.82, 2.24) is 9.80 Å². The first-order valence-electron chi connectivity index (χ1n) is 8.14. The summed E-state index contributed by atoms with van der Waals surface area (Å²) in [5.74, 6) is -0.851. The average molecular weight is 390 g/mol. The molecule has 8 heteroatoms. The second kappa shape index (κ2) is 10.6. The van der Waals surface area contributed by atoms with Gasteiger partial charge in [0.15, 0.2) is 0 Å². The number of carbonyl (C=O) groups excluding carboxylic acids is 1. The number of amides is 1. The van der Waals surface area contributed by atoms with E-state index in [0.717, 1.165) is 38.0 Å². The van der Waals surface area contributed by atoms with E-state index in [0.29, 0.717) is 11.6 Å². The molecule has 6 nitrogen and oxygen atoms in total. The molecule has 0 spiro atoms. The van der Waals surface area contributed by atoms with Gasteiger partial charge in [-0.25, -0.2) is 0 Å². The van der Waals surface area contributed by atoms with Crippen LogP contribution in [0.25, 0.3) is 0 Å². The van der Waals surface area contributed by atoms with Gasteiger partial charge in [-0.3, -0.25) is 19.4 Å². The van der Waals surface area contributed by atoms with E-state index in [9.17, 15) is 9.59 Å². The lowest BCUT2D eigenvalue weighted by Crippen LogP contribution is -2.37. The Labute approximate surface area is 159 Å². The van der Waals surface area contributed by atoms with Crippen LogP contribution in [0.4, 0.5) is 5.69 Å². The Morgan fingerprint density at radius 1 is 1.28 bits per heavy atom. The van der Waals surface area contributed by atoms with E-state index < -0.39 is 5.97 Å². The van der Waals surface area contributed by atoms with Crippen LogP contribution >= 0.6 is 24.0 Å². The van der Waals surface area contributed by atoms with E-state index in [1.807, 2.05) is 11.9 Å². The summed E-state index contributed by atoms with van der Waals surface area (Å²) in [5, 5.41) is 12.4. The average Bonchev–Trinajstić information content (AvgIpc) is 2.74. The highest BCUT2D eigenvalue weighted by molar-refractivity contribution is 6.30. The smallest absolute Gasteiger partial charge is 0.317 e. The summed E-state index contributed by atoms with van der Waals surface area (Å²) < 4.78 is 0. The molecular weight excluding hydrogens is 365 g/mol. The lowest BCUT2D eigenvalue weighted by atomic mass is 10.1. The van der Waals surface area contributed by atoms with Gasteiger partial charge >= 0.3 is 5.97 Å². The predicted octanol–water partition coefficient (Wildman–Crippen LogP) is 2.57. The van der Waals surface area contributed by atoms with Crippen LogP contribution in [0.3, 0.4) is 0 Å². The van der Waals surface area contributed by atoms with Crippen molar-refractivity contribution in [1.29, 1.82) is 0 Å². The summed E-state index contributed by atoms with van der Waals surface area (Å²) in [6, 6.07) is 7.29. The molecule has 0 saturated carbocycles. The van der Waals surface area contributed by atoms with Gasteiger partial charge in [-0.15, -0.1) is 12.4 Å². The number of halogens is 2. The standard InChI is InChI=1S/C17H24ClN3O3.ClH/c1-20(12-17(23)24)15-3-2-9-21(10-8-15)11-16(22)19-14-6-4-13(18)5-7-14;/h4-7,15H,2-3,8-12H2,1H3,(H,19,22)(H,23,24);1H. The third kappa shape index (κ3) is 7.61. The molecular formula is C17H25Cl2N3O3. The van der Waals surface area contributed by atoms with Gasteiger partial charge in [0.1, 0.15) is 0 Å². The molecule has 1 amide bonds. The number of rotatable bonds is 6. The number of anilines is 1. The molecule has 0 aromatic heterocycles. The highest BCUT2D eigenvalue weighted by Gasteiger charge is 2.22. The highest BCUT2D eigenvalue weighted by Crippen LogP contribution is 2.16. The monoisotopic (exact) mass is 389 g/mol. The number of carboxylic acid groups (broad SMARTS) is 1. The lowest BCUT2D eigenvalue weighted by molar-refractivity contribution is -0.138. The fourth-order valence-electron chi connectivity index (χ4n) is 3.02. The minimum Gasteiger partial charge on any atom is -0.480 e. The number of nitrogens with zero attached hydrogens (tertiary/aromatic N) is 2. The van der Waals surface area contributed by atoms with Crippen molar-refractivity contribution in [3.8, 4) is 0 Å². The number of benzene rings is 1. The van der Waals surface area contributed by atoms with Crippen LogP contribution in [0.2, 0.25) is 5.02 Å². The van der Waals surface area contributed by atoms with Crippen LogP contribution in [0.5, 0.6) is 0 Å². The summed E-state index contributed by atoms with van der Waals surface area (Å²) in [6.07, 6.45) is 2.79. The molecule has 1 fully saturated rings. The quantitative estimate of drug-likeness (QED) is 0.781. The number of hydrogen-bond donors (Lipinski definition) is 2. The molecule has 1 aliphatic heterocycles. The number of hydrogen-bond acceptors (Lipinski definition) is 4. The Morgan fingerprint density at radius 2 is 1.96 bits per heavy atom. The third-order valence-corrected chi connectivity index (χ3v) is 4.55. The van der Waals surface area contributed by atoms with Gasteiger partial charge in [0.05, 0.1) is 13.1 Å². The Morgan fingerprint density at radius 3 is 2.60 bits per heavy atom. The Hall–Kier alpha value is -1.34. The highest BCUT2D eigenvalue weighted by atomic mass is 35.5. The number of aliphatic carboxylic acids is 1. The maximum atomic E-state index is 12.2. The summed E-state index contributed by atoms with van der Waals surface area (Å²) >= 11 is 5.83. The van der Waals surface area contributed by atoms with Gasteiger partial charge in [0.25, 0.3) is 0 Å². The van der Waals surface area contributed by atoms with Crippen LogP contribution in [-0.4, -0.2) is 66.1 Å². The third-order valence-electron chi connectivity index (χ3n) is 4.29. The van der Waals surface area contributed by atoms with Crippen LogP contribution in [0.1, 0.15) is 19.3 Å². The van der Waals surface area contributed by atoms with Crippen molar-refractivity contribution in [2.75, 3.05) is 38.5 Å². The van der Waals surface area contributed by atoms with Gasteiger partial charge < -0.3 is 10.4 Å². The van der Waals surface area contributed by atoms with Gasteiger partial charge in [0.2, 0.25) is 5.91 Å². The first-order chi connectivity index (χ1) is 11.4. The molecule has 25 heavy (non-hydrogen) atoms. The topological polar surface area (TPSA) is 72.9 Å². The van der Waals surface area contributed by atoms with Gasteiger partial charge in [-0.1, -0.05) is 11.6 Å². The molecule has 1 heterocycles. The Balaban J connectivity index is 0.00000312. The molecule has 0 bridgehead atoms. The number of carboxylic acids is 1. The van der Waals surface area contributed by atoms with Crippen molar-refractivity contribution >= 4 is 41.6 Å². The van der Waals surface area contributed by atoms with Crippen LogP contribution in [0.15, 0.2) is 24.3 Å². The number of likely N-dealkylation sites (tertiary alicyclic amines) is 1. The maximum Gasteiger partial charge on any atom is 0.317 e.